The summed E-state index contributed by atoms with van der Waals surface area (Å²) in [6.45, 7) is 0. The molecule has 6 nitrogen and oxygen atoms in total. The second-order valence-corrected chi connectivity index (χ2v) is 7.34. The number of aromatic nitrogens is 6. The molecule has 0 amide bonds. The minimum absolute atomic E-state index is 0.598. The third-order valence-corrected chi connectivity index (χ3v) is 5.62. The normalized spacial score (nSPS) is 11.1. The van der Waals surface area contributed by atoms with E-state index in [2.05, 4.69) is 36.6 Å². The summed E-state index contributed by atoms with van der Waals surface area (Å²) in [5, 5.41) is 13.4. The summed E-state index contributed by atoms with van der Waals surface area (Å²) in [6.07, 6.45) is 6.96. The van der Waals surface area contributed by atoms with Gasteiger partial charge in [-0.2, -0.15) is 0 Å². The SMILES string of the molecule is c1cnc(-c2cc3sccc3c(-c3nnc(-c4cccnc4)s3)n2)nc1. The van der Waals surface area contributed by atoms with Crippen molar-refractivity contribution in [1.82, 2.24) is 30.1 Å². The van der Waals surface area contributed by atoms with Crippen LogP contribution < -0.4 is 0 Å². The van der Waals surface area contributed by atoms with Crippen molar-refractivity contribution in [3.63, 3.8) is 0 Å². The summed E-state index contributed by atoms with van der Waals surface area (Å²) in [6, 6.07) is 9.72. The lowest BCUT2D eigenvalue weighted by Gasteiger charge is -2.03. The molecule has 0 fully saturated rings. The highest BCUT2D eigenvalue weighted by Crippen LogP contribution is 2.36. The Labute approximate surface area is 156 Å². The van der Waals surface area contributed by atoms with Crippen LogP contribution in [0.5, 0.6) is 0 Å². The predicted octanol–water partition coefficient (Wildman–Crippen LogP) is 4.33. The van der Waals surface area contributed by atoms with Gasteiger partial charge in [0.05, 0.1) is 0 Å². The fraction of sp³-hybridized carbons (Fsp3) is 0. The fourth-order valence-corrected chi connectivity index (χ4v) is 4.26. The van der Waals surface area contributed by atoms with Crippen molar-refractivity contribution >= 4 is 32.8 Å². The van der Waals surface area contributed by atoms with Crippen LogP contribution in [-0.2, 0) is 0 Å². The highest BCUT2D eigenvalue weighted by Gasteiger charge is 2.16. The minimum Gasteiger partial charge on any atom is -0.264 e. The maximum Gasteiger partial charge on any atom is 0.178 e. The van der Waals surface area contributed by atoms with E-state index in [1.165, 1.54) is 11.3 Å². The van der Waals surface area contributed by atoms with Gasteiger partial charge in [-0.3, -0.25) is 4.98 Å². The second kappa shape index (κ2) is 6.32. The van der Waals surface area contributed by atoms with E-state index in [1.54, 1.807) is 42.2 Å². The minimum atomic E-state index is 0.598. The first-order chi connectivity index (χ1) is 12.9. The van der Waals surface area contributed by atoms with Crippen molar-refractivity contribution in [2.45, 2.75) is 0 Å². The topological polar surface area (TPSA) is 77.3 Å². The van der Waals surface area contributed by atoms with Crippen LogP contribution in [0.15, 0.2) is 60.5 Å². The van der Waals surface area contributed by atoms with Crippen molar-refractivity contribution < 1.29 is 0 Å². The third kappa shape index (κ3) is 2.65. The molecule has 5 aromatic heterocycles. The zero-order chi connectivity index (χ0) is 17.3. The molecule has 0 radical (unpaired) electrons. The van der Waals surface area contributed by atoms with Gasteiger partial charge < -0.3 is 0 Å². The van der Waals surface area contributed by atoms with Crippen molar-refractivity contribution in [2.24, 2.45) is 0 Å². The average Bonchev–Trinajstić information content (AvgIpc) is 3.38. The van der Waals surface area contributed by atoms with Crippen LogP contribution in [0.3, 0.4) is 0 Å². The molecule has 0 aliphatic carbocycles. The molecule has 0 aliphatic rings. The summed E-state index contributed by atoms with van der Waals surface area (Å²) in [7, 11) is 0. The summed E-state index contributed by atoms with van der Waals surface area (Å²) >= 11 is 3.16. The first-order valence-electron chi connectivity index (χ1n) is 7.78. The van der Waals surface area contributed by atoms with Crippen molar-refractivity contribution in [3.05, 3.63) is 60.5 Å². The molecule has 124 valence electrons. The first-order valence-corrected chi connectivity index (χ1v) is 9.48. The van der Waals surface area contributed by atoms with Gasteiger partial charge in [0.15, 0.2) is 10.8 Å². The molecule has 0 aliphatic heterocycles. The van der Waals surface area contributed by atoms with E-state index in [9.17, 15) is 0 Å². The van der Waals surface area contributed by atoms with Crippen LogP contribution >= 0.6 is 22.7 Å². The lowest BCUT2D eigenvalue weighted by atomic mass is 10.2. The zero-order valence-corrected chi connectivity index (χ0v) is 14.9. The largest absolute Gasteiger partial charge is 0.264 e. The van der Waals surface area contributed by atoms with Crippen LogP contribution in [0.2, 0.25) is 0 Å². The summed E-state index contributed by atoms with van der Waals surface area (Å²) < 4.78 is 1.12. The highest BCUT2D eigenvalue weighted by molar-refractivity contribution is 7.18. The summed E-state index contributed by atoms with van der Waals surface area (Å²) in [5.74, 6) is 0.598. The molecule has 0 unspecified atom stereocenters. The van der Waals surface area contributed by atoms with Gasteiger partial charge in [-0.1, -0.05) is 11.3 Å². The Morgan fingerprint density at radius 3 is 2.62 bits per heavy atom. The van der Waals surface area contributed by atoms with Crippen LogP contribution in [0.25, 0.3) is 42.9 Å². The van der Waals surface area contributed by atoms with Crippen molar-refractivity contribution in [2.75, 3.05) is 0 Å². The Morgan fingerprint density at radius 2 is 1.77 bits per heavy atom. The summed E-state index contributed by atoms with van der Waals surface area (Å²) in [4.78, 5) is 17.6. The van der Waals surface area contributed by atoms with Gasteiger partial charge in [0.25, 0.3) is 0 Å². The van der Waals surface area contributed by atoms with Crippen LogP contribution in [-0.4, -0.2) is 30.1 Å². The molecular weight excluding hydrogens is 364 g/mol. The highest BCUT2D eigenvalue weighted by atomic mass is 32.1. The van der Waals surface area contributed by atoms with Gasteiger partial charge in [0.1, 0.15) is 16.4 Å². The molecule has 0 atom stereocenters. The van der Waals surface area contributed by atoms with E-state index in [-0.39, 0.29) is 0 Å². The monoisotopic (exact) mass is 374 g/mol. The van der Waals surface area contributed by atoms with Gasteiger partial charge in [-0.05, 0) is 35.7 Å². The Kier molecular flexibility index (Phi) is 3.69. The van der Waals surface area contributed by atoms with E-state index in [0.717, 1.165) is 37.1 Å². The number of thiophene rings is 1. The van der Waals surface area contributed by atoms with Crippen molar-refractivity contribution in [3.8, 4) is 32.8 Å². The number of fused-ring (bicyclic) bond motifs is 1. The number of rotatable bonds is 3. The predicted molar refractivity (Wildman–Crippen MR) is 103 cm³/mol. The van der Waals surface area contributed by atoms with E-state index >= 15 is 0 Å². The Hall–Kier alpha value is -3.10. The quantitative estimate of drug-likeness (QED) is 0.468. The Balaban J connectivity index is 1.67. The zero-order valence-electron chi connectivity index (χ0n) is 13.3. The first kappa shape index (κ1) is 15.2. The molecule has 0 saturated carbocycles. The van der Waals surface area contributed by atoms with Crippen LogP contribution in [0.1, 0.15) is 0 Å². The molecule has 26 heavy (non-hydrogen) atoms. The Morgan fingerprint density at radius 1 is 0.885 bits per heavy atom. The molecule has 5 heterocycles. The van der Waals surface area contributed by atoms with Crippen LogP contribution in [0.4, 0.5) is 0 Å². The molecule has 8 heteroatoms. The Bertz CT molecular complexity index is 1180. The molecule has 0 saturated heterocycles. The lowest BCUT2D eigenvalue weighted by Crippen LogP contribution is -1.93. The number of nitrogens with zero attached hydrogens (tertiary/aromatic N) is 6. The maximum absolute atomic E-state index is 4.79. The van der Waals surface area contributed by atoms with E-state index < -0.39 is 0 Å². The van der Waals surface area contributed by atoms with E-state index in [4.69, 9.17) is 4.98 Å². The fourth-order valence-electron chi connectivity index (χ4n) is 2.60. The van der Waals surface area contributed by atoms with Gasteiger partial charge in [0, 0.05) is 40.4 Å². The standard InChI is InChI=1S/C18H10N6S2/c1-3-11(10-19-5-1)17-23-24-18(26-17)15-12-4-8-25-14(12)9-13(22-15)16-20-6-2-7-21-16/h1-10H. The molecule has 0 spiro atoms. The van der Waals surface area contributed by atoms with E-state index in [0.29, 0.717) is 5.82 Å². The maximum atomic E-state index is 4.79. The number of hydrogen-bond acceptors (Lipinski definition) is 8. The molecule has 5 aromatic rings. The molecule has 0 aromatic carbocycles. The molecule has 0 bridgehead atoms. The number of hydrogen-bond donors (Lipinski definition) is 0. The third-order valence-electron chi connectivity index (χ3n) is 3.78. The molecule has 5 rings (SSSR count). The average molecular weight is 374 g/mol. The smallest absolute Gasteiger partial charge is 0.178 e. The summed E-state index contributed by atoms with van der Waals surface area (Å²) in [5.41, 5.74) is 2.48. The molecule has 0 N–H and O–H groups in total. The van der Waals surface area contributed by atoms with Crippen LogP contribution in [0, 0.1) is 0 Å². The number of pyridine rings is 2. The second-order valence-electron chi connectivity index (χ2n) is 5.41. The lowest BCUT2D eigenvalue weighted by molar-refractivity contribution is 1.09. The van der Waals surface area contributed by atoms with E-state index in [1.807, 2.05) is 18.2 Å². The van der Waals surface area contributed by atoms with Gasteiger partial charge in [-0.25, -0.2) is 15.0 Å². The van der Waals surface area contributed by atoms with Gasteiger partial charge in [0.2, 0.25) is 0 Å². The van der Waals surface area contributed by atoms with Gasteiger partial charge in [-0.15, -0.1) is 21.5 Å². The molecular formula is C18H10N6S2. The van der Waals surface area contributed by atoms with Crippen molar-refractivity contribution in [1.29, 1.82) is 0 Å². The van der Waals surface area contributed by atoms with Gasteiger partial charge >= 0.3 is 0 Å².